The van der Waals surface area contributed by atoms with Crippen molar-refractivity contribution in [3.05, 3.63) is 30.1 Å². The number of halogens is 1. The van der Waals surface area contributed by atoms with Gasteiger partial charge in [-0.1, -0.05) is 0 Å². The average Bonchev–Trinajstić information content (AvgIpc) is 3.28. The number of alkyl halides is 1. The first kappa shape index (κ1) is 15.9. The van der Waals surface area contributed by atoms with Crippen molar-refractivity contribution in [3.63, 3.8) is 0 Å². The molecule has 4 heterocycles. The van der Waals surface area contributed by atoms with Crippen molar-refractivity contribution in [2.24, 2.45) is 7.05 Å². The van der Waals surface area contributed by atoms with Crippen LogP contribution in [0.5, 0.6) is 0 Å². The smallest absolute Gasteiger partial charge is 0.200 e. The van der Waals surface area contributed by atoms with Gasteiger partial charge in [-0.15, -0.1) is 14.8 Å². The molecule has 0 unspecified atom stereocenters. The Labute approximate surface area is 144 Å². The topological polar surface area (TPSA) is 80.3 Å². The molecule has 0 radical (unpaired) electrons. The van der Waals surface area contributed by atoms with Crippen molar-refractivity contribution in [2.75, 3.05) is 25.0 Å². The first-order chi connectivity index (χ1) is 12.1. The molecule has 2 atom stereocenters. The molecule has 3 aromatic heterocycles. The molecule has 0 spiro atoms. The van der Waals surface area contributed by atoms with E-state index in [1.807, 2.05) is 43.5 Å². The molecule has 0 aromatic carbocycles. The monoisotopic (exact) mass is 345 g/mol. The number of aryl methyl sites for hydroxylation is 1. The predicted molar refractivity (Wildman–Crippen MR) is 88.8 cm³/mol. The first-order valence-electron chi connectivity index (χ1n) is 8.20. The van der Waals surface area contributed by atoms with E-state index in [0.29, 0.717) is 31.7 Å². The maximum Gasteiger partial charge on any atom is 0.200 e. The van der Waals surface area contributed by atoms with E-state index < -0.39 is 6.17 Å². The van der Waals surface area contributed by atoms with E-state index in [9.17, 15) is 4.39 Å². The van der Waals surface area contributed by atoms with Crippen molar-refractivity contribution >= 4 is 11.5 Å². The van der Waals surface area contributed by atoms with Crippen molar-refractivity contribution in [3.8, 4) is 0 Å². The second-order valence-electron chi connectivity index (χ2n) is 6.54. The largest absolute Gasteiger partial charge is 0.357 e. The van der Waals surface area contributed by atoms with Crippen LogP contribution in [0.2, 0.25) is 0 Å². The number of hydrogen-bond acceptors (Lipinski definition) is 7. The minimum Gasteiger partial charge on any atom is -0.357 e. The van der Waals surface area contributed by atoms with Crippen LogP contribution in [0.3, 0.4) is 0 Å². The van der Waals surface area contributed by atoms with E-state index in [1.165, 1.54) is 4.63 Å². The van der Waals surface area contributed by atoms with Crippen molar-refractivity contribution in [1.82, 2.24) is 39.9 Å². The highest BCUT2D eigenvalue weighted by Crippen LogP contribution is 2.24. The molecule has 1 aliphatic heterocycles. The van der Waals surface area contributed by atoms with E-state index in [0.717, 1.165) is 11.4 Å². The van der Waals surface area contributed by atoms with Crippen LogP contribution >= 0.6 is 0 Å². The Bertz CT molecular complexity index is 859. The van der Waals surface area contributed by atoms with Gasteiger partial charge in [-0.25, -0.2) is 4.39 Å². The minimum atomic E-state index is -0.801. The van der Waals surface area contributed by atoms with Crippen molar-refractivity contribution in [2.45, 2.75) is 25.2 Å². The van der Waals surface area contributed by atoms with Crippen molar-refractivity contribution < 1.29 is 4.39 Å². The third-order valence-electron chi connectivity index (χ3n) is 4.55. The molecule has 0 aliphatic carbocycles. The number of tetrazole rings is 1. The molecule has 0 saturated carbocycles. The van der Waals surface area contributed by atoms with Gasteiger partial charge in [0.15, 0.2) is 11.5 Å². The summed E-state index contributed by atoms with van der Waals surface area (Å²) in [5.74, 6) is 0.753. The SMILES string of the molecule is CN(C[C@@H]1C[C@H](F)CN1Cc1cnn(C)c1)c1ccc2nnnn2n1. The molecule has 1 aliphatic rings. The molecule has 10 heteroatoms. The fraction of sp³-hybridized carbons (Fsp3) is 0.533. The Balaban J connectivity index is 1.47. The lowest BCUT2D eigenvalue weighted by molar-refractivity contribution is 0.237. The molecule has 3 aromatic rings. The summed E-state index contributed by atoms with van der Waals surface area (Å²) in [4.78, 5) is 4.19. The zero-order valence-corrected chi connectivity index (χ0v) is 14.2. The molecule has 132 valence electrons. The Kier molecular flexibility index (Phi) is 4.04. The minimum absolute atomic E-state index is 0.117. The van der Waals surface area contributed by atoms with Crippen LogP contribution in [0.1, 0.15) is 12.0 Å². The van der Waals surface area contributed by atoms with Crippen LogP contribution in [0.4, 0.5) is 10.2 Å². The first-order valence-corrected chi connectivity index (χ1v) is 8.20. The summed E-state index contributed by atoms with van der Waals surface area (Å²) in [7, 11) is 3.84. The van der Waals surface area contributed by atoms with Gasteiger partial charge < -0.3 is 4.90 Å². The molecule has 0 amide bonds. The zero-order valence-electron chi connectivity index (χ0n) is 14.2. The van der Waals surface area contributed by atoms with Crippen LogP contribution < -0.4 is 4.90 Å². The quantitative estimate of drug-likeness (QED) is 0.658. The van der Waals surface area contributed by atoms with Crippen LogP contribution in [0, 0.1) is 0 Å². The number of nitrogens with zero attached hydrogens (tertiary/aromatic N) is 9. The van der Waals surface area contributed by atoms with Gasteiger partial charge >= 0.3 is 0 Å². The summed E-state index contributed by atoms with van der Waals surface area (Å²) in [6, 6.07) is 3.81. The van der Waals surface area contributed by atoms with Crippen molar-refractivity contribution in [1.29, 1.82) is 0 Å². The van der Waals surface area contributed by atoms with Gasteiger partial charge in [-0.2, -0.15) is 5.10 Å². The Morgan fingerprint density at radius 3 is 3.04 bits per heavy atom. The lowest BCUT2D eigenvalue weighted by Gasteiger charge is -2.28. The highest BCUT2D eigenvalue weighted by Gasteiger charge is 2.33. The summed E-state index contributed by atoms with van der Waals surface area (Å²) in [5.41, 5.74) is 1.69. The fourth-order valence-electron chi connectivity index (χ4n) is 3.35. The van der Waals surface area contributed by atoms with Gasteiger partial charge in [-0.3, -0.25) is 9.58 Å². The molecular formula is C15H20FN9. The zero-order chi connectivity index (χ0) is 17.4. The third-order valence-corrected chi connectivity index (χ3v) is 4.55. The highest BCUT2D eigenvalue weighted by atomic mass is 19.1. The summed E-state index contributed by atoms with van der Waals surface area (Å²) in [6.07, 6.45) is 3.53. The van der Waals surface area contributed by atoms with Crippen LogP contribution in [0.25, 0.3) is 5.65 Å². The second-order valence-corrected chi connectivity index (χ2v) is 6.54. The number of hydrogen-bond donors (Lipinski definition) is 0. The third kappa shape index (κ3) is 3.29. The molecule has 1 saturated heterocycles. The van der Waals surface area contributed by atoms with Gasteiger partial charge in [0, 0.05) is 51.5 Å². The van der Waals surface area contributed by atoms with Crippen LogP contribution in [-0.4, -0.2) is 72.3 Å². The maximum atomic E-state index is 14.0. The number of likely N-dealkylation sites (tertiary alicyclic amines) is 1. The number of likely N-dealkylation sites (N-methyl/N-ethyl adjacent to an activating group) is 1. The summed E-state index contributed by atoms with van der Waals surface area (Å²) in [6.45, 7) is 1.83. The molecular weight excluding hydrogens is 325 g/mol. The van der Waals surface area contributed by atoms with Crippen LogP contribution in [-0.2, 0) is 13.6 Å². The van der Waals surface area contributed by atoms with Gasteiger partial charge in [0.1, 0.15) is 6.17 Å². The molecule has 9 nitrogen and oxygen atoms in total. The highest BCUT2D eigenvalue weighted by molar-refractivity contribution is 5.43. The number of rotatable bonds is 5. The van der Waals surface area contributed by atoms with E-state index in [4.69, 9.17) is 0 Å². The molecule has 25 heavy (non-hydrogen) atoms. The number of anilines is 1. The van der Waals surface area contributed by atoms with Gasteiger partial charge in [-0.05, 0) is 29.0 Å². The fourth-order valence-corrected chi connectivity index (χ4v) is 3.35. The summed E-state index contributed by atoms with van der Waals surface area (Å²) >= 11 is 0. The van der Waals surface area contributed by atoms with E-state index in [2.05, 4.69) is 30.6 Å². The van der Waals surface area contributed by atoms with Gasteiger partial charge in [0.25, 0.3) is 0 Å². The number of fused-ring (bicyclic) bond motifs is 1. The number of aromatic nitrogens is 7. The van der Waals surface area contributed by atoms with E-state index in [1.54, 1.807) is 4.68 Å². The van der Waals surface area contributed by atoms with E-state index in [-0.39, 0.29) is 6.04 Å². The molecule has 0 bridgehead atoms. The maximum absolute atomic E-state index is 14.0. The second kappa shape index (κ2) is 6.36. The Hall–Kier alpha value is -2.62. The van der Waals surface area contributed by atoms with Crippen LogP contribution in [0.15, 0.2) is 24.5 Å². The lowest BCUT2D eigenvalue weighted by atomic mass is 10.2. The summed E-state index contributed by atoms with van der Waals surface area (Å²) < 4.78 is 17.2. The molecule has 4 rings (SSSR count). The molecule has 1 fully saturated rings. The van der Waals surface area contributed by atoms with E-state index >= 15 is 0 Å². The normalized spacial score (nSPS) is 21.2. The lowest BCUT2D eigenvalue weighted by Crippen LogP contribution is -2.38. The predicted octanol–water partition coefficient (Wildman–Crippen LogP) is 0.302. The Morgan fingerprint density at radius 1 is 1.36 bits per heavy atom. The van der Waals surface area contributed by atoms with Gasteiger partial charge in [0.2, 0.25) is 0 Å². The Morgan fingerprint density at radius 2 is 2.24 bits per heavy atom. The van der Waals surface area contributed by atoms with Gasteiger partial charge in [0.05, 0.1) is 6.20 Å². The average molecular weight is 345 g/mol. The standard InChI is InChI=1S/C15H20FN9/c1-22(15-4-3-14-18-20-21-25(14)19-15)10-13-5-12(16)9-24(13)8-11-6-17-23(2)7-11/h3-4,6-7,12-13H,5,8-10H2,1-2H3/t12-,13-/m0/s1. The molecule has 0 N–H and O–H groups in total. The summed E-state index contributed by atoms with van der Waals surface area (Å²) in [5, 5.41) is 19.8.